The summed E-state index contributed by atoms with van der Waals surface area (Å²) in [6.07, 6.45) is 0. The lowest BCUT2D eigenvalue weighted by atomic mass is 10.1. The Labute approximate surface area is 101 Å². The number of amides is 1. The Bertz CT molecular complexity index is 493. The number of benzene rings is 1. The van der Waals surface area contributed by atoms with E-state index >= 15 is 0 Å². The molecule has 0 atom stereocenters. The van der Waals surface area contributed by atoms with Gasteiger partial charge in [-0.05, 0) is 18.2 Å². The monoisotopic (exact) mass is 256 g/mol. The molecule has 0 saturated heterocycles. The SMILES string of the molecule is O=C1c2cc(F)ccc2OCN1CCO[N+](=O)[O-]. The van der Waals surface area contributed by atoms with Crippen LogP contribution in [-0.4, -0.2) is 35.8 Å². The predicted octanol–water partition coefficient (Wildman–Crippen LogP) is 0.826. The molecule has 0 radical (unpaired) electrons. The van der Waals surface area contributed by atoms with Crippen molar-refractivity contribution in [2.75, 3.05) is 19.9 Å². The van der Waals surface area contributed by atoms with E-state index in [9.17, 15) is 19.3 Å². The highest BCUT2D eigenvalue weighted by molar-refractivity contribution is 5.97. The zero-order chi connectivity index (χ0) is 13.1. The lowest BCUT2D eigenvalue weighted by Crippen LogP contribution is -2.40. The fourth-order valence-corrected chi connectivity index (χ4v) is 1.56. The van der Waals surface area contributed by atoms with E-state index in [0.717, 1.165) is 6.07 Å². The van der Waals surface area contributed by atoms with Crippen molar-refractivity contribution < 1.29 is 23.8 Å². The summed E-state index contributed by atoms with van der Waals surface area (Å²) in [5, 5.41) is 9.02. The van der Waals surface area contributed by atoms with Gasteiger partial charge in [0.15, 0.2) is 6.73 Å². The third kappa shape index (κ3) is 2.47. The van der Waals surface area contributed by atoms with Crippen molar-refractivity contribution in [1.82, 2.24) is 4.90 Å². The third-order valence-corrected chi connectivity index (χ3v) is 2.39. The highest BCUT2D eigenvalue weighted by atomic mass is 19.1. The lowest BCUT2D eigenvalue weighted by molar-refractivity contribution is -0.757. The average Bonchev–Trinajstić information content (AvgIpc) is 2.32. The molecule has 1 amide bonds. The minimum Gasteiger partial charge on any atom is -0.472 e. The minimum atomic E-state index is -0.942. The molecule has 0 aliphatic carbocycles. The van der Waals surface area contributed by atoms with Gasteiger partial charge in [-0.1, -0.05) is 0 Å². The number of nitrogens with zero attached hydrogens (tertiary/aromatic N) is 2. The molecule has 0 N–H and O–H groups in total. The van der Waals surface area contributed by atoms with Crippen molar-refractivity contribution in [1.29, 1.82) is 0 Å². The number of fused-ring (bicyclic) bond motifs is 1. The molecule has 96 valence electrons. The second-order valence-corrected chi connectivity index (χ2v) is 3.54. The molecule has 1 aliphatic heterocycles. The normalized spacial score (nSPS) is 13.8. The van der Waals surface area contributed by atoms with Crippen LogP contribution >= 0.6 is 0 Å². The highest BCUT2D eigenvalue weighted by Gasteiger charge is 2.25. The molecule has 1 heterocycles. The van der Waals surface area contributed by atoms with Crippen molar-refractivity contribution >= 4 is 5.91 Å². The number of hydrogen-bond acceptors (Lipinski definition) is 5. The molecular formula is C10H9FN2O5. The van der Waals surface area contributed by atoms with Gasteiger partial charge in [-0.3, -0.25) is 4.79 Å². The molecule has 8 heteroatoms. The van der Waals surface area contributed by atoms with Crippen LogP contribution in [-0.2, 0) is 4.84 Å². The van der Waals surface area contributed by atoms with Crippen LogP contribution < -0.4 is 4.74 Å². The molecule has 0 fully saturated rings. The fraction of sp³-hybridized carbons (Fsp3) is 0.300. The molecular weight excluding hydrogens is 247 g/mol. The summed E-state index contributed by atoms with van der Waals surface area (Å²) in [4.78, 5) is 27.2. The van der Waals surface area contributed by atoms with Crippen molar-refractivity contribution in [3.05, 3.63) is 39.7 Å². The first-order valence-electron chi connectivity index (χ1n) is 5.07. The lowest BCUT2D eigenvalue weighted by Gasteiger charge is -2.28. The Balaban J connectivity index is 2.05. The summed E-state index contributed by atoms with van der Waals surface area (Å²) in [7, 11) is 0. The average molecular weight is 256 g/mol. The maximum absolute atomic E-state index is 13.0. The van der Waals surface area contributed by atoms with Crippen LogP contribution in [0, 0.1) is 15.9 Å². The largest absolute Gasteiger partial charge is 0.472 e. The van der Waals surface area contributed by atoms with Crippen molar-refractivity contribution in [3.8, 4) is 5.75 Å². The predicted molar refractivity (Wildman–Crippen MR) is 55.9 cm³/mol. The Morgan fingerprint density at radius 2 is 2.33 bits per heavy atom. The summed E-state index contributed by atoms with van der Waals surface area (Å²) in [5.74, 6) is -0.690. The second-order valence-electron chi connectivity index (χ2n) is 3.54. The summed E-state index contributed by atoms with van der Waals surface area (Å²) in [6.45, 7) is -0.305. The Hall–Kier alpha value is -2.38. The van der Waals surface area contributed by atoms with Gasteiger partial charge in [0.25, 0.3) is 11.0 Å². The van der Waals surface area contributed by atoms with E-state index in [-0.39, 0.29) is 25.4 Å². The third-order valence-electron chi connectivity index (χ3n) is 2.39. The van der Waals surface area contributed by atoms with Gasteiger partial charge in [0, 0.05) is 6.54 Å². The van der Waals surface area contributed by atoms with Gasteiger partial charge in [-0.25, -0.2) is 4.39 Å². The number of carbonyl (C=O) groups is 1. The van der Waals surface area contributed by atoms with Crippen molar-refractivity contribution in [2.45, 2.75) is 0 Å². The van der Waals surface area contributed by atoms with E-state index in [1.807, 2.05) is 0 Å². The maximum atomic E-state index is 13.0. The van der Waals surface area contributed by atoms with Crippen LogP contribution in [0.25, 0.3) is 0 Å². The van der Waals surface area contributed by atoms with Gasteiger partial charge in [0.2, 0.25) is 0 Å². The standard InChI is InChI=1S/C10H9FN2O5/c11-7-1-2-9-8(5-7)10(14)12(6-17-9)3-4-18-13(15)16/h1-2,5H,3-4,6H2. The Morgan fingerprint density at radius 1 is 1.56 bits per heavy atom. The maximum Gasteiger partial charge on any atom is 0.294 e. The van der Waals surface area contributed by atoms with Gasteiger partial charge in [-0.15, -0.1) is 10.1 Å². The molecule has 7 nitrogen and oxygen atoms in total. The van der Waals surface area contributed by atoms with E-state index in [0.29, 0.717) is 5.75 Å². The number of rotatable bonds is 4. The van der Waals surface area contributed by atoms with E-state index in [4.69, 9.17) is 4.74 Å². The highest BCUT2D eigenvalue weighted by Crippen LogP contribution is 2.25. The van der Waals surface area contributed by atoms with Gasteiger partial charge < -0.3 is 14.5 Å². The Kier molecular flexibility index (Phi) is 3.26. The Morgan fingerprint density at radius 3 is 3.06 bits per heavy atom. The number of ether oxygens (including phenoxy) is 1. The first-order chi connectivity index (χ1) is 8.58. The van der Waals surface area contributed by atoms with Crippen LogP contribution in [0.3, 0.4) is 0 Å². The van der Waals surface area contributed by atoms with Crippen LogP contribution in [0.4, 0.5) is 4.39 Å². The quantitative estimate of drug-likeness (QED) is 0.588. The van der Waals surface area contributed by atoms with Gasteiger partial charge >= 0.3 is 0 Å². The van der Waals surface area contributed by atoms with Crippen LogP contribution in [0.5, 0.6) is 5.75 Å². The molecule has 1 aromatic rings. The smallest absolute Gasteiger partial charge is 0.294 e. The molecule has 0 unspecified atom stereocenters. The van der Waals surface area contributed by atoms with E-state index < -0.39 is 16.8 Å². The van der Waals surface area contributed by atoms with E-state index in [2.05, 4.69) is 4.84 Å². The first-order valence-corrected chi connectivity index (χ1v) is 5.07. The fourth-order valence-electron chi connectivity index (χ4n) is 1.56. The van der Waals surface area contributed by atoms with Crippen molar-refractivity contribution in [2.24, 2.45) is 0 Å². The minimum absolute atomic E-state index is 0.00420. The van der Waals surface area contributed by atoms with Gasteiger partial charge in [-0.2, -0.15) is 0 Å². The van der Waals surface area contributed by atoms with Gasteiger partial charge in [0.1, 0.15) is 18.2 Å². The molecule has 1 aromatic carbocycles. The zero-order valence-corrected chi connectivity index (χ0v) is 9.17. The summed E-state index contributed by atoms with van der Waals surface area (Å²) >= 11 is 0. The molecule has 18 heavy (non-hydrogen) atoms. The number of halogens is 1. The summed E-state index contributed by atoms with van der Waals surface area (Å²) < 4.78 is 18.2. The summed E-state index contributed by atoms with van der Waals surface area (Å²) in [6, 6.07) is 3.63. The van der Waals surface area contributed by atoms with E-state index in [1.54, 1.807) is 0 Å². The summed E-state index contributed by atoms with van der Waals surface area (Å²) in [5.41, 5.74) is 0.0994. The molecule has 0 aromatic heterocycles. The van der Waals surface area contributed by atoms with Crippen LogP contribution in [0.2, 0.25) is 0 Å². The molecule has 0 bridgehead atoms. The molecule has 1 aliphatic rings. The zero-order valence-electron chi connectivity index (χ0n) is 9.17. The second kappa shape index (κ2) is 4.86. The number of hydrogen-bond donors (Lipinski definition) is 0. The van der Waals surface area contributed by atoms with Gasteiger partial charge in [0.05, 0.1) is 5.56 Å². The first kappa shape index (κ1) is 12.1. The molecule has 0 saturated carbocycles. The van der Waals surface area contributed by atoms with Crippen molar-refractivity contribution in [3.63, 3.8) is 0 Å². The van der Waals surface area contributed by atoms with Crippen LogP contribution in [0.1, 0.15) is 10.4 Å². The molecule has 2 rings (SSSR count). The molecule has 0 spiro atoms. The topological polar surface area (TPSA) is 81.9 Å². The van der Waals surface area contributed by atoms with Crippen LogP contribution in [0.15, 0.2) is 18.2 Å². The number of carbonyl (C=O) groups excluding carboxylic acids is 1. The van der Waals surface area contributed by atoms with E-state index in [1.165, 1.54) is 17.0 Å².